The van der Waals surface area contributed by atoms with E-state index in [-0.39, 0.29) is 30.4 Å². The number of ether oxygens (including phenoxy) is 1. The second-order valence-electron chi connectivity index (χ2n) is 6.54. The molecule has 22 heavy (non-hydrogen) atoms. The summed E-state index contributed by atoms with van der Waals surface area (Å²) in [5.74, 6) is -0.0986. The van der Waals surface area contributed by atoms with E-state index in [0.29, 0.717) is 6.42 Å². The number of piperidine rings is 1. The smallest absolute Gasteiger partial charge is 0.307 e. The zero-order valence-corrected chi connectivity index (χ0v) is 13.4. The van der Waals surface area contributed by atoms with Crippen molar-refractivity contribution in [2.45, 2.75) is 57.0 Å². The molecule has 1 aliphatic carbocycles. The lowest BCUT2D eigenvalue weighted by Crippen LogP contribution is -2.52. The second kappa shape index (κ2) is 7.10. The first-order valence-corrected chi connectivity index (χ1v) is 8.01. The summed E-state index contributed by atoms with van der Waals surface area (Å²) < 4.78 is 4.73. The molecule has 0 radical (unpaired) electrons. The van der Waals surface area contributed by atoms with Gasteiger partial charge in [0.2, 0.25) is 5.91 Å². The van der Waals surface area contributed by atoms with Crippen molar-refractivity contribution in [2.24, 2.45) is 5.92 Å². The Morgan fingerprint density at radius 3 is 2.68 bits per heavy atom. The summed E-state index contributed by atoms with van der Waals surface area (Å²) in [4.78, 5) is 25.8. The van der Waals surface area contributed by atoms with Crippen molar-refractivity contribution < 1.29 is 14.3 Å². The van der Waals surface area contributed by atoms with Crippen LogP contribution in [-0.2, 0) is 14.3 Å². The molecule has 6 heteroatoms. The Bertz CT molecular complexity index is 470. The standard InChI is InChI=1S/C16H25N3O3/c1-16(11-17,12-6-7-12)18-14(20)10-19-8-4-3-5-13(19)9-15(21)22-2/h12-13H,3-10H2,1-2H3,(H,18,20)/t13-,16+/m1/s1. The van der Waals surface area contributed by atoms with E-state index in [2.05, 4.69) is 11.4 Å². The van der Waals surface area contributed by atoms with Gasteiger partial charge in [-0.3, -0.25) is 14.5 Å². The zero-order chi connectivity index (χ0) is 16.2. The molecule has 0 unspecified atom stereocenters. The Kier molecular flexibility index (Phi) is 5.41. The average Bonchev–Trinajstić information content (AvgIpc) is 3.34. The third kappa shape index (κ3) is 4.20. The van der Waals surface area contributed by atoms with Crippen LogP contribution in [0.25, 0.3) is 0 Å². The number of nitrogens with zero attached hydrogens (tertiary/aromatic N) is 2. The number of esters is 1. The molecule has 1 saturated heterocycles. The molecule has 2 atom stereocenters. The number of methoxy groups -OCH3 is 1. The number of carbonyl (C=O) groups is 2. The number of nitrogens with one attached hydrogen (secondary N) is 1. The van der Waals surface area contributed by atoms with Gasteiger partial charge in [-0.2, -0.15) is 5.26 Å². The first-order chi connectivity index (χ1) is 10.5. The fourth-order valence-corrected chi connectivity index (χ4v) is 3.17. The van der Waals surface area contributed by atoms with Crippen LogP contribution in [0.1, 0.15) is 45.4 Å². The van der Waals surface area contributed by atoms with E-state index in [1.165, 1.54) is 7.11 Å². The van der Waals surface area contributed by atoms with Crippen LogP contribution in [0.3, 0.4) is 0 Å². The fraction of sp³-hybridized carbons (Fsp3) is 0.812. The number of nitriles is 1. The molecule has 0 aromatic heterocycles. The van der Waals surface area contributed by atoms with Crippen LogP contribution in [0.15, 0.2) is 0 Å². The van der Waals surface area contributed by atoms with Crippen LogP contribution in [0, 0.1) is 17.2 Å². The van der Waals surface area contributed by atoms with Crippen molar-refractivity contribution in [3.8, 4) is 6.07 Å². The molecule has 6 nitrogen and oxygen atoms in total. The highest BCUT2D eigenvalue weighted by atomic mass is 16.5. The first-order valence-electron chi connectivity index (χ1n) is 8.01. The largest absolute Gasteiger partial charge is 0.469 e. The Hall–Kier alpha value is -1.61. The van der Waals surface area contributed by atoms with E-state index in [1.807, 2.05) is 4.90 Å². The van der Waals surface area contributed by atoms with Gasteiger partial charge < -0.3 is 10.1 Å². The van der Waals surface area contributed by atoms with Gasteiger partial charge in [-0.15, -0.1) is 0 Å². The lowest BCUT2D eigenvalue weighted by atomic mass is 9.97. The van der Waals surface area contributed by atoms with Crippen molar-refractivity contribution in [3.63, 3.8) is 0 Å². The molecule has 122 valence electrons. The van der Waals surface area contributed by atoms with Gasteiger partial charge >= 0.3 is 5.97 Å². The van der Waals surface area contributed by atoms with Crippen molar-refractivity contribution in [1.82, 2.24) is 10.2 Å². The van der Waals surface area contributed by atoms with Crippen molar-refractivity contribution >= 4 is 11.9 Å². The van der Waals surface area contributed by atoms with Gasteiger partial charge in [-0.1, -0.05) is 6.42 Å². The Morgan fingerprint density at radius 2 is 2.09 bits per heavy atom. The molecule has 2 rings (SSSR count). The lowest BCUT2D eigenvalue weighted by molar-refractivity contribution is -0.143. The topological polar surface area (TPSA) is 82.4 Å². The Balaban J connectivity index is 1.90. The number of hydrogen-bond acceptors (Lipinski definition) is 5. The predicted molar refractivity (Wildman–Crippen MR) is 80.7 cm³/mol. The SMILES string of the molecule is COC(=O)C[C@H]1CCCCN1CC(=O)N[C@@](C)(C#N)C1CC1. The van der Waals surface area contributed by atoms with Crippen LogP contribution >= 0.6 is 0 Å². The molecule has 0 bridgehead atoms. The van der Waals surface area contributed by atoms with Gasteiger partial charge in [0, 0.05) is 6.04 Å². The maximum absolute atomic E-state index is 12.3. The number of amides is 1. The van der Waals surface area contributed by atoms with Gasteiger partial charge in [0.15, 0.2) is 0 Å². The monoisotopic (exact) mass is 307 g/mol. The molecule has 2 aliphatic rings. The highest BCUT2D eigenvalue weighted by Gasteiger charge is 2.43. The quantitative estimate of drug-likeness (QED) is 0.746. The second-order valence-corrected chi connectivity index (χ2v) is 6.54. The molecule has 1 aliphatic heterocycles. The molecule has 0 spiro atoms. The molecule has 1 amide bonds. The van der Waals surface area contributed by atoms with Crippen LogP contribution < -0.4 is 5.32 Å². The first kappa shape index (κ1) is 16.8. The summed E-state index contributed by atoms with van der Waals surface area (Å²) in [5, 5.41) is 12.2. The van der Waals surface area contributed by atoms with E-state index in [1.54, 1.807) is 6.92 Å². The molecule has 0 aromatic carbocycles. The Labute approximate surface area is 131 Å². The van der Waals surface area contributed by atoms with E-state index in [4.69, 9.17) is 4.74 Å². The van der Waals surface area contributed by atoms with Crippen LogP contribution in [0.2, 0.25) is 0 Å². The molecule has 1 N–H and O–H groups in total. The minimum Gasteiger partial charge on any atom is -0.469 e. The maximum atomic E-state index is 12.3. The van der Waals surface area contributed by atoms with Crippen molar-refractivity contribution in [2.75, 3.05) is 20.2 Å². The molecular weight excluding hydrogens is 282 g/mol. The summed E-state index contributed by atoms with van der Waals surface area (Å²) >= 11 is 0. The molecule has 0 aromatic rings. The average molecular weight is 307 g/mol. The maximum Gasteiger partial charge on any atom is 0.307 e. The summed E-state index contributed by atoms with van der Waals surface area (Å²) in [5.41, 5.74) is -0.759. The third-order valence-corrected chi connectivity index (χ3v) is 4.75. The summed E-state index contributed by atoms with van der Waals surface area (Å²) in [6.07, 6.45) is 5.32. The van der Waals surface area contributed by atoms with Gasteiger partial charge in [0.05, 0.1) is 26.1 Å². The third-order valence-electron chi connectivity index (χ3n) is 4.75. The molecule has 1 heterocycles. The highest BCUT2D eigenvalue weighted by Crippen LogP contribution is 2.39. The Morgan fingerprint density at radius 1 is 1.36 bits per heavy atom. The normalized spacial score (nSPS) is 24.9. The van der Waals surface area contributed by atoms with Gasteiger partial charge in [0.1, 0.15) is 5.54 Å². The summed E-state index contributed by atoms with van der Waals surface area (Å²) in [6, 6.07) is 2.29. The molecule has 1 saturated carbocycles. The van der Waals surface area contributed by atoms with Gasteiger partial charge in [0.25, 0.3) is 0 Å². The number of carbonyl (C=O) groups excluding carboxylic acids is 2. The zero-order valence-electron chi connectivity index (χ0n) is 13.4. The van der Waals surface area contributed by atoms with Gasteiger partial charge in [-0.25, -0.2) is 0 Å². The van der Waals surface area contributed by atoms with Crippen molar-refractivity contribution in [3.05, 3.63) is 0 Å². The van der Waals surface area contributed by atoms with Gasteiger partial charge in [-0.05, 0) is 45.1 Å². The van der Waals surface area contributed by atoms with Crippen LogP contribution in [0.5, 0.6) is 0 Å². The van der Waals surface area contributed by atoms with Crippen LogP contribution in [-0.4, -0.2) is 48.6 Å². The fourth-order valence-electron chi connectivity index (χ4n) is 3.17. The van der Waals surface area contributed by atoms with E-state index in [0.717, 1.165) is 38.6 Å². The number of hydrogen-bond donors (Lipinski definition) is 1. The minimum atomic E-state index is -0.759. The number of rotatable bonds is 6. The predicted octanol–water partition coefficient (Wildman–Crippen LogP) is 1.21. The summed E-state index contributed by atoms with van der Waals surface area (Å²) in [6.45, 7) is 2.85. The highest BCUT2D eigenvalue weighted by molar-refractivity contribution is 5.79. The van der Waals surface area contributed by atoms with E-state index < -0.39 is 5.54 Å². The van der Waals surface area contributed by atoms with Crippen molar-refractivity contribution in [1.29, 1.82) is 5.26 Å². The number of likely N-dealkylation sites (tertiary alicyclic amines) is 1. The van der Waals surface area contributed by atoms with E-state index >= 15 is 0 Å². The lowest BCUT2D eigenvalue weighted by Gasteiger charge is -2.35. The molecule has 2 fully saturated rings. The van der Waals surface area contributed by atoms with Crippen LogP contribution in [0.4, 0.5) is 0 Å². The summed E-state index contributed by atoms with van der Waals surface area (Å²) in [7, 11) is 1.39. The minimum absolute atomic E-state index is 0.0567. The molecular formula is C16H25N3O3. The van der Waals surface area contributed by atoms with E-state index in [9.17, 15) is 14.9 Å².